The highest BCUT2D eigenvalue weighted by molar-refractivity contribution is 6.05. The lowest BCUT2D eigenvalue weighted by Gasteiger charge is -2.22. The predicted molar refractivity (Wildman–Crippen MR) is 127 cm³/mol. The molecule has 0 aliphatic carbocycles. The summed E-state index contributed by atoms with van der Waals surface area (Å²) in [6.45, 7) is 9.51. The highest BCUT2D eigenvalue weighted by Crippen LogP contribution is 2.25. The summed E-state index contributed by atoms with van der Waals surface area (Å²) >= 11 is 0. The normalized spacial score (nSPS) is 10.8. The number of anilines is 2. The molecule has 0 saturated carbocycles. The van der Waals surface area contributed by atoms with E-state index in [2.05, 4.69) is 24.3 Å². The van der Waals surface area contributed by atoms with Crippen molar-refractivity contribution in [2.45, 2.75) is 40.7 Å². The van der Waals surface area contributed by atoms with Crippen molar-refractivity contribution in [1.29, 1.82) is 0 Å². The fourth-order valence-electron chi connectivity index (χ4n) is 3.91. The number of carbonyl (C=O) groups excluding carboxylic acids is 1. The second kappa shape index (κ2) is 9.68. The number of aryl methyl sites for hydroxylation is 3. The van der Waals surface area contributed by atoms with Crippen molar-refractivity contribution in [3.63, 3.8) is 0 Å². The SMILES string of the molecule is CCn1nc(C)c(CCN(C)c2ccc(NC(=O)c3cccc(C)c3)cc2C(=O)O)c1C. The van der Waals surface area contributed by atoms with Crippen molar-refractivity contribution in [2.75, 3.05) is 23.8 Å². The van der Waals surface area contributed by atoms with E-state index in [1.165, 1.54) is 11.6 Å². The lowest BCUT2D eigenvalue weighted by molar-refractivity contribution is 0.0697. The monoisotopic (exact) mass is 434 g/mol. The zero-order chi connectivity index (χ0) is 23.4. The first-order valence-corrected chi connectivity index (χ1v) is 10.7. The van der Waals surface area contributed by atoms with Gasteiger partial charge in [0.25, 0.3) is 5.91 Å². The number of hydrogen-bond donors (Lipinski definition) is 2. The molecule has 3 rings (SSSR count). The first kappa shape index (κ1) is 23.1. The Bertz CT molecular complexity index is 1150. The summed E-state index contributed by atoms with van der Waals surface area (Å²) < 4.78 is 1.99. The van der Waals surface area contributed by atoms with Gasteiger partial charge < -0.3 is 15.3 Å². The van der Waals surface area contributed by atoms with Crippen LogP contribution in [0.15, 0.2) is 42.5 Å². The van der Waals surface area contributed by atoms with Crippen LogP contribution >= 0.6 is 0 Å². The van der Waals surface area contributed by atoms with Gasteiger partial charge in [-0.25, -0.2) is 4.79 Å². The minimum atomic E-state index is -1.04. The van der Waals surface area contributed by atoms with Crippen LogP contribution in [0.3, 0.4) is 0 Å². The van der Waals surface area contributed by atoms with Gasteiger partial charge in [-0.15, -0.1) is 0 Å². The van der Waals surface area contributed by atoms with Gasteiger partial charge in [0.2, 0.25) is 0 Å². The second-order valence-electron chi connectivity index (χ2n) is 8.00. The largest absolute Gasteiger partial charge is 0.478 e. The second-order valence-corrected chi connectivity index (χ2v) is 8.00. The first-order chi connectivity index (χ1) is 15.2. The molecule has 0 fully saturated rings. The van der Waals surface area contributed by atoms with Gasteiger partial charge in [-0.1, -0.05) is 17.7 Å². The Labute approximate surface area is 188 Å². The standard InChI is InChI=1S/C25H30N4O3/c1-6-29-18(4)21(17(3)27-29)12-13-28(5)23-11-10-20(15-22(23)25(31)32)26-24(30)19-9-7-8-16(2)14-19/h7-11,14-15H,6,12-13H2,1-5H3,(H,26,30)(H,31,32). The maximum atomic E-state index is 12.5. The lowest BCUT2D eigenvalue weighted by atomic mass is 10.1. The van der Waals surface area contributed by atoms with E-state index in [9.17, 15) is 14.7 Å². The van der Waals surface area contributed by atoms with Gasteiger partial charge in [-0.3, -0.25) is 9.48 Å². The van der Waals surface area contributed by atoms with Gasteiger partial charge in [0.15, 0.2) is 0 Å². The van der Waals surface area contributed by atoms with E-state index in [1.807, 2.05) is 42.6 Å². The maximum Gasteiger partial charge on any atom is 0.337 e. The quantitative estimate of drug-likeness (QED) is 0.547. The van der Waals surface area contributed by atoms with Gasteiger partial charge in [0, 0.05) is 37.1 Å². The van der Waals surface area contributed by atoms with Crippen LogP contribution in [0.5, 0.6) is 0 Å². The lowest BCUT2D eigenvalue weighted by Crippen LogP contribution is -2.23. The molecule has 32 heavy (non-hydrogen) atoms. The molecule has 0 aliphatic heterocycles. The van der Waals surface area contributed by atoms with Crippen LogP contribution in [-0.2, 0) is 13.0 Å². The summed E-state index contributed by atoms with van der Waals surface area (Å²) in [5.41, 5.74) is 6.05. The molecule has 7 nitrogen and oxygen atoms in total. The minimum absolute atomic E-state index is 0.146. The zero-order valence-electron chi connectivity index (χ0n) is 19.3. The van der Waals surface area contributed by atoms with Crippen LogP contribution in [0.1, 0.15) is 50.2 Å². The third-order valence-corrected chi connectivity index (χ3v) is 5.70. The van der Waals surface area contributed by atoms with Gasteiger partial charge in [0.1, 0.15) is 0 Å². The molecule has 1 amide bonds. The molecule has 168 valence electrons. The molecule has 3 aromatic rings. The topological polar surface area (TPSA) is 87.5 Å². The molecular formula is C25H30N4O3. The van der Waals surface area contributed by atoms with Crippen LogP contribution in [0, 0.1) is 20.8 Å². The molecule has 2 aromatic carbocycles. The van der Waals surface area contributed by atoms with Crippen molar-refractivity contribution in [2.24, 2.45) is 0 Å². The molecule has 2 N–H and O–H groups in total. The van der Waals surface area contributed by atoms with Gasteiger partial charge in [-0.05, 0) is 70.0 Å². The molecule has 0 bridgehead atoms. The smallest absolute Gasteiger partial charge is 0.337 e. The van der Waals surface area contributed by atoms with Gasteiger partial charge >= 0.3 is 5.97 Å². The highest BCUT2D eigenvalue weighted by atomic mass is 16.4. The van der Waals surface area contributed by atoms with E-state index in [4.69, 9.17) is 0 Å². The van der Waals surface area contributed by atoms with Crippen molar-refractivity contribution in [3.05, 3.63) is 76.1 Å². The number of carboxylic acids is 1. The van der Waals surface area contributed by atoms with Crippen molar-refractivity contribution in [1.82, 2.24) is 9.78 Å². The number of hydrogen-bond acceptors (Lipinski definition) is 4. The number of nitrogens with one attached hydrogen (secondary N) is 1. The first-order valence-electron chi connectivity index (χ1n) is 10.7. The maximum absolute atomic E-state index is 12.5. The average molecular weight is 435 g/mol. The average Bonchev–Trinajstić information content (AvgIpc) is 3.04. The van der Waals surface area contributed by atoms with Crippen LogP contribution in [0.4, 0.5) is 11.4 Å². The van der Waals surface area contributed by atoms with E-state index in [0.29, 0.717) is 23.5 Å². The molecular weight excluding hydrogens is 404 g/mol. The summed E-state index contributed by atoms with van der Waals surface area (Å²) in [6, 6.07) is 12.2. The fourth-order valence-corrected chi connectivity index (χ4v) is 3.91. The number of aromatic nitrogens is 2. The summed E-state index contributed by atoms with van der Waals surface area (Å²) in [5.74, 6) is -1.31. The Morgan fingerprint density at radius 3 is 2.50 bits per heavy atom. The van der Waals surface area contributed by atoms with Crippen LogP contribution in [0.2, 0.25) is 0 Å². The molecule has 7 heteroatoms. The number of carbonyl (C=O) groups is 2. The van der Waals surface area contributed by atoms with E-state index in [-0.39, 0.29) is 11.5 Å². The Kier molecular flexibility index (Phi) is 6.98. The third kappa shape index (κ3) is 4.99. The number of rotatable bonds is 8. The molecule has 0 aliphatic rings. The van der Waals surface area contributed by atoms with E-state index in [1.54, 1.807) is 24.3 Å². The molecule has 1 aromatic heterocycles. The van der Waals surface area contributed by atoms with Crippen LogP contribution in [0.25, 0.3) is 0 Å². The van der Waals surface area contributed by atoms with Gasteiger partial charge in [-0.2, -0.15) is 5.10 Å². The predicted octanol–water partition coefficient (Wildman–Crippen LogP) is 4.46. The number of benzene rings is 2. The van der Waals surface area contributed by atoms with E-state index in [0.717, 1.165) is 29.9 Å². The Balaban J connectivity index is 1.77. The molecule has 0 atom stereocenters. The number of likely N-dealkylation sites (N-methyl/N-ethyl adjacent to an activating group) is 1. The molecule has 1 heterocycles. The fraction of sp³-hybridized carbons (Fsp3) is 0.320. The Hall–Kier alpha value is -3.61. The van der Waals surface area contributed by atoms with Crippen molar-refractivity contribution in [3.8, 4) is 0 Å². The molecule has 0 saturated heterocycles. The van der Waals surface area contributed by atoms with Gasteiger partial charge in [0.05, 0.1) is 16.9 Å². The van der Waals surface area contributed by atoms with Crippen molar-refractivity contribution < 1.29 is 14.7 Å². The van der Waals surface area contributed by atoms with Crippen LogP contribution in [-0.4, -0.2) is 40.4 Å². The molecule has 0 spiro atoms. The number of carboxylic acid groups (broad SMARTS) is 1. The van der Waals surface area contributed by atoms with Crippen molar-refractivity contribution >= 4 is 23.3 Å². The summed E-state index contributed by atoms with van der Waals surface area (Å²) in [4.78, 5) is 26.4. The summed E-state index contributed by atoms with van der Waals surface area (Å²) in [5, 5.41) is 17.1. The number of aromatic carboxylic acids is 1. The highest BCUT2D eigenvalue weighted by Gasteiger charge is 2.17. The van der Waals surface area contributed by atoms with E-state index < -0.39 is 5.97 Å². The minimum Gasteiger partial charge on any atom is -0.478 e. The number of nitrogens with zero attached hydrogens (tertiary/aromatic N) is 3. The van der Waals surface area contributed by atoms with E-state index >= 15 is 0 Å². The van der Waals surface area contributed by atoms with Crippen LogP contribution < -0.4 is 10.2 Å². The Morgan fingerprint density at radius 1 is 1.12 bits per heavy atom. The third-order valence-electron chi connectivity index (χ3n) is 5.70. The Morgan fingerprint density at radius 2 is 1.88 bits per heavy atom. The molecule has 0 unspecified atom stereocenters. The summed E-state index contributed by atoms with van der Waals surface area (Å²) in [6.07, 6.45) is 0.763. The molecule has 0 radical (unpaired) electrons. The number of amides is 1. The zero-order valence-corrected chi connectivity index (χ0v) is 19.3. The summed E-state index contributed by atoms with van der Waals surface area (Å²) in [7, 11) is 1.88.